The zero-order chi connectivity index (χ0) is 14.8. The summed E-state index contributed by atoms with van der Waals surface area (Å²) in [6.07, 6.45) is -2.16. The van der Waals surface area contributed by atoms with Crippen LogP contribution in [0.1, 0.15) is 17.3 Å². The summed E-state index contributed by atoms with van der Waals surface area (Å²) in [6.45, 7) is 0.761. The van der Waals surface area contributed by atoms with Gasteiger partial charge in [0.25, 0.3) is 0 Å². The number of aliphatic carboxylic acids is 1. The number of halogens is 3. The number of benzene rings is 1. The average Bonchev–Trinajstić information content (AvgIpc) is 2.31. The van der Waals surface area contributed by atoms with Crippen LogP contribution in [-0.2, 0) is 9.53 Å². The predicted octanol–water partition coefficient (Wildman–Crippen LogP) is 2.26. The van der Waals surface area contributed by atoms with Gasteiger partial charge in [-0.2, -0.15) is 8.78 Å². The molecule has 1 unspecified atom stereocenters. The molecule has 0 saturated carbocycles. The molecule has 0 aromatic heterocycles. The van der Waals surface area contributed by atoms with Crippen LogP contribution in [0.5, 0.6) is 5.75 Å². The molecule has 0 saturated heterocycles. The first-order valence-corrected chi connectivity index (χ1v) is 6.05. The largest absolute Gasteiger partial charge is 0.507 e. The van der Waals surface area contributed by atoms with Gasteiger partial charge in [-0.05, 0) is 47.7 Å². The highest BCUT2D eigenvalue weighted by molar-refractivity contribution is 14.1. The van der Waals surface area contributed by atoms with E-state index < -0.39 is 29.7 Å². The van der Waals surface area contributed by atoms with Gasteiger partial charge in [-0.15, -0.1) is 0 Å². The van der Waals surface area contributed by atoms with Crippen LogP contribution in [0.2, 0.25) is 0 Å². The van der Waals surface area contributed by atoms with Crippen LogP contribution in [0.3, 0.4) is 0 Å². The molecule has 5 nitrogen and oxygen atoms in total. The van der Waals surface area contributed by atoms with Crippen molar-refractivity contribution >= 4 is 34.5 Å². The third kappa shape index (κ3) is 3.52. The number of phenolic OH excluding ortho intramolecular Hbond substituents is 1. The maximum atomic E-state index is 13.1. The normalized spacial score (nSPS) is 12.8. The minimum atomic E-state index is -4.20. The minimum Gasteiger partial charge on any atom is -0.507 e. The molecule has 0 aliphatic carbocycles. The van der Waals surface area contributed by atoms with Crippen molar-refractivity contribution in [2.24, 2.45) is 0 Å². The number of esters is 1. The standard InChI is InChI=1S/C11H9F2IO5/c1-5(11(12,13)10(17)18)19-9(16)7-4-6(14)2-3-8(7)15/h2-5,15H,1H3,(H,17,18). The number of phenols is 1. The Morgan fingerprint density at radius 3 is 2.53 bits per heavy atom. The number of alkyl halides is 2. The Morgan fingerprint density at radius 1 is 1.42 bits per heavy atom. The molecule has 0 spiro atoms. The number of hydrogen-bond donors (Lipinski definition) is 2. The maximum Gasteiger partial charge on any atom is 0.378 e. The Morgan fingerprint density at radius 2 is 2.00 bits per heavy atom. The van der Waals surface area contributed by atoms with Gasteiger partial charge < -0.3 is 14.9 Å². The highest BCUT2D eigenvalue weighted by Crippen LogP contribution is 2.25. The molecule has 0 amide bonds. The number of ether oxygens (including phenoxy) is 1. The predicted molar refractivity (Wildman–Crippen MR) is 68.3 cm³/mol. The first-order valence-electron chi connectivity index (χ1n) is 4.97. The van der Waals surface area contributed by atoms with Crippen LogP contribution in [-0.4, -0.2) is 34.2 Å². The van der Waals surface area contributed by atoms with Gasteiger partial charge in [-0.25, -0.2) is 9.59 Å². The van der Waals surface area contributed by atoms with Crippen molar-refractivity contribution < 1.29 is 33.3 Å². The van der Waals surface area contributed by atoms with Crippen molar-refractivity contribution in [2.45, 2.75) is 19.0 Å². The molecule has 0 radical (unpaired) electrons. The molecule has 1 rings (SSSR count). The van der Waals surface area contributed by atoms with Crippen LogP contribution < -0.4 is 0 Å². The Labute approximate surface area is 120 Å². The van der Waals surface area contributed by atoms with E-state index in [1.165, 1.54) is 18.2 Å². The molecule has 19 heavy (non-hydrogen) atoms. The summed E-state index contributed by atoms with van der Waals surface area (Å²) < 4.78 is 31.1. The molecule has 1 aromatic carbocycles. The molecule has 1 aromatic rings. The maximum absolute atomic E-state index is 13.1. The number of hydrogen-bond acceptors (Lipinski definition) is 4. The lowest BCUT2D eigenvalue weighted by atomic mass is 10.2. The highest BCUT2D eigenvalue weighted by Gasteiger charge is 2.47. The molecule has 1 atom stereocenters. The summed E-state index contributed by atoms with van der Waals surface area (Å²) in [5.74, 6) is -8.24. The lowest BCUT2D eigenvalue weighted by Gasteiger charge is -2.19. The van der Waals surface area contributed by atoms with Crippen LogP contribution >= 0.6 is 22.6 Å². The Bertz CT molecular complexity index is 518. The van der Waals surface area contributed by atoms with Gasteiger partial charge in [0.15, 0.2) is 6.10 Å². The van der Waals surface area contributed by atoms with E-state index >= 15 is 0 Å². The van der Waals surface area contributed by atoms with E-state index in [2.05, 4.69) is 4.74 Å². The molecule has 8 heteroatoms. The lowest BCUT2D eigenvalue weighted by molar-refractivity contribution is -0.180. The van der Waals surface area contributed by atoms with Gasteiger partial charge in [-0.1, -0.05) is 0 Å². The van der Waals surface area contributed by atoms with Crippen molar-refractivity contribution in [3.8, 4) is 5.75 Å². The topological polar surface area (TPSA) is 83.8 Å². The molecular formula is C11H9F2IO5. The van der Waals surface area contributed by atoms with Gasteiger partial charge in [0.2, 0.25) is 0 Å². The second-order valence-electron chi connectivity index (χ2n) is 3.64. The van der Waals surface area contributed by atoms with Crippen LogP contribution in [0.15, 0.2) is 18.2 Å². The van der Waals surface area contributed by atoms with E-state index in [-0.39, 0.29) is 5.56 Å². The zero-order valence-corrected chi connectivity index (χ0v) is 11.7. The summed E-state index contributed by atoms with van der Waals surface area (Å²) >= 11 is 1.85. The van der Waals surface area contributed by atoms with Gasteiger partial charge in [0.05, 0.1) is 0 Å². The van der Waals surface area contributed by atoms with Crippen molar-refractivity contribution in [3.05, 3.63) is 27.3 Å². The summed E-state index contributed by atoms with van der Waals surface area (Å²) in [6, 6.07) is 3.95. The van der Waals surface area contributed by atoms with Crippen LogP contribution in [0.4, 0.5) is 8.78 Å². The first-order chi connectivity index (χ1) is 8.66. The third-order valence-electron chi connectivity index (χ3n) is 2.26. The quantitative estimate of drug-likeness (QED) is 0.613. The monoisotopic (exact) mass is 386 g/mol. The molecule has 0 aliphatic rings. The number of carboxylic acid groups (broad SMARTS) is 1. The summed E-state index contributed by atoms with van der Waals surface area (Å²) in [4.78, 5) is 21.9. The molecular weight excluding hydrogens is 377 g/mol. The fourth-order valence-electron chi connectivity index (χ4n) is 1.14. The summed E-state index contributed by atoms with van der Waals surface area (Å²) in [5.41, 5.74) is -0.306. The van der Waals surface area contributed by atoms with Crippen LogP contribution in [0.25, 0.3) is 0 Å². The Balaban J connectivity index is 2.91. The van der Waals surface area contributed by atoms with Crippen molar-refractivity contribution in [2.75, 3.05) is 0 Å². The van der Waals surface area contributed by atoms with Crippen molar-refractivity contribution in [3.63, 3.8) is 0 Å². The van der Waals surface area contributed by atoms with Gasteiger partial charge in [0, 0.05) is 3.57 Å². The number of rotatable bonds is 4. The molecule has 0 aliphatic heterocycles. The molecule has 0 heterocycles. The Kier molecular flexibility index (Phi) is 4.66. The van der Waals surface area contributed by atoms with E-state index in [4.69, 9.17) is 5.11 Å². The second kappa shape index (κ2) is 5.68. The molecule has 0 bridgehead atoms. The van der Waals surface area contributed by atoms with E-state index in [1.54, 1.807) is 0 Å². The van der Waals surface area contributed by atoms with Crippen molar-refractivity contribution in [1.29, 1.82) is 0 Å². The fraction of sp³-hybridized carbons (Fsp3) is 0.273. The lowest BCUT2D eigenvalue weighted by Crippen LogP contribution is -2.42. The number of aromatic hydroxyl groups is 1. The number of carbonyl (C=O) groups excluding carboxylic acids is 1. The number of carbonyl (C=O) groups is 2. The SMILES string of the molecule is CC(OC(=O)c1cc(I)ccc1O)C(F)(F)C(=O)O. The van der Waals surface area contributed by atoms with Gasteiger partial charge in [0.1, 0.15) is 11.3 Å². The molecule has 2 N–H and O–H groups in total. The van der Waals surface area contributed by atoms with Gasteiger partial charge >= 0.3 is 17.9 Å². The fourth-order valence-corrected chi connectivity index (χ4v) is 1.63. The Hall–Kier alpha value is -1.45. The van der Waals surface area contributed by atoms with E-state index in [9.17, 15) is 23.5 Å². The number of carboxylic acids is 1. The van der Waals surface area contributed by atoms with E-state index in [0.29, 0.717) is 3.57 Å². The summed E-state index contributed by atoms with van der Waals surface area (Å²) in [7, 11) is 0. The average molecular weight is 386 g/mol. The van der Waals surface area contributed by atoms with E-state index in [0.717, 1.165) is 6.92 Å². The van der Waals surface area contributed by atoms with Gasteiger partial charge in [-0.3, -0.25) is 0 Å². The van der Waals surface area contributed by atoms with E-state index in [1.807, 2.05) is 22.6 Å². The smallest absolute Gasteiger partial charge is 0.378 e. The molecule has 104 valence electrons. The minimum absolute atomic E-state index is 0.306. The molecule has 0 fully saturated rings. The van der Waals surface area contributed by atoms with Crippen molar-refractivity contribution in [1.82, 2.24) is 0 Å². The second-order valence-corrected chi connectivity index (χ2v) is 4.88. The highest BCUT2D eigenvalue weighted by atomic mass is 127. The summed E-state index contributed by atoms with van der Waals surface area (Å²) in [5, 5.41) is 17.7. The third-order valence-corrected chi connectivity index (χ3v) is 2.93. The first kappa shape index (κ1) is 15.6. The van der Waals surface area contributed by atoms with Crippen LogP contribution in [0, 0.1) is 3.57 Å². The zero-order valence-electron chi connectivity index (χ0n) is 9.56.